The van der Waals surface area contributed by atoms with Gasteiger partial charge in [0.2, 0.25) is 5.88 Å². The number of benzene rings is 1. The molecule has 1 saturated heterocycles. The number of nitrogens with two attached hydrogens (primary N) is 1. The van der Waals surface area contributed by atoms with Crippen molar-refractivity contribution in [3.63, 3.8) is 0 Å². The van der Waals surface area contributed by atoms with Crippen molar-refractivity contribution in [3.05, 3.63) is 53.9 Å². The molecule has 0 bridgehead atoms. The maximum absolute atomic E-state index is 12.8. The van der Waals surface area contributed by atoms with Gasteiger partial charge in [-0.3, -0.25) is 9.69 Å². The number of hydrogen-bond donors (Lipinski definition) is 2. The standard InChI is InChI=1S/C22H24N6O2/c1-14-10-16(23)3-6-18(14)19-12-25-28(22(19)30)20-7-2-15(11-24-20)21(29)27-9-8-26(13-27)17-4-5-17/h2-3,6-7,10-12,17,30H,4-5,8-9,13,23H2,1H3. The Morgan fingerprint density at radius 3 is 2.67 bits per heavy atom. The summed E-state index contributed by atoms with van der Waals surface area (Å²) in [5.74, 6) is 0.429. The highest BCUT2D eigenvalue weighted by molar-refractivity contribution is 5.94. The predicted octanol–water partition coefficient (Wildman–Crippen LogP) is 2.41. The number of amides is 1. The first kappa shape index (κ1) is 18.6. The van der Waals surface area contributed by atoms with Crippen molar-refractivity contribution in [2.75, 3.05) is 25.5 Å². The highest BCUT2D eigenvalue weighted by Gasteiger charge is 2.35. The third-order valence-corrected chi connectivity index (χ3v) is 5.86. The molecule has 0 atom stereocenters. The highest BCUT2D eigenvalue weighted by Crippen LogP contribution is 2.33. The zero-order valence-electron chi connectivity index (χ0n) is 16.8. The molecule has 5 rings (SSSR count). The quantitative estimate of drug-likeness (QED) is 0.648. The van der Waals surface area contributed by atoms with Crippen LogP contribution in [0.3, 0.4) is 0 Å². The fourth-order valence-electron chi connectivity index (χ4n) is 4.02. The van der Waals surface area contributed by atoms with E-state index in [1.54, 1.807) is 30.6 Å². The van der Waals surface area contributed by atoms with E-state index < -0.39 is 0 Å². The summed E-state index contributed by atoms with van der Waals surface area (Å²) in [6, 6.07) is 9.61. The van der Waals surface area contributed by atoms with Crippen molar-refractivity contribution >= 4 is 11.6 Å². The van der Waals surface area contributed by atoms with E-state index in [1.165, 1.54) is 17.5 Å². The molecule has 3 N–H and O–H groups in total. The van der Waals surface area contributed by atoms with Crippen molar-refractivity contribution in [2.24, 2.45) is 0 Å². The van der Waals surface area contributed by atoms with Gasteiger partial charge in [-0.2, -0.15) is 9.78 Å². The Morgan fingerprint density at radius 2 is 1.97 bits per heavy atom. The Bertz CT molecular complexity index is 1100. The smallest absolute Gasteiger partial charge is 0.256 e. The fraction of sp³-hybridized carbons (Fsp3) is 0.318. The molecule has 8 nitrogen and oxygen atoms in total. The van der Waals surface area contributed by atoms with Crippen LogP contribution in [0.5, 0.6) is 5.88 Å². The highest BCUT2D eigenvalue weighted by atomic mass is 16.3. The molecule has 2 aromatic heterocycles. The van der Waals surface area contributed by atoms with Crippen LogP contribution in [-0.4, -0.2) is 61.4 Å². The van der Waals surface area contributed by atoms with Gasteiger partial charge in [0.25, 0.3) is 5.91 Å². The molecule has 1 saturated carbocycles. The average molecular weight is 404 g/mol. The van der Waals surface area contributed by atoms with Crippen molar-refractivity contribution < 1.29 is 9.90 Å². The minimum absolute atomic E-state index is 0.00549. The van der Waals surface area contributed by atoms with E-state index in [9.17, 15) is 9.90 Å². The van der Waals surface area contributed by atoms with Crippen LogP contribution in [0.2, 0.25) is 0 Å². The second-order valence-electron chi connectivity index (χ2n) is 8.03. The van der Waals surface area contributed by atoms with E-state index in [4.69, 9.17) is 5.73 Å². The lowest BCUT2D eigenvalue weighted by Crippen LogP contribution is -2.32. The van der Waals surface area contributed by atoms with Crippen molar-refractivity contribution in [1.82, 2.24) is 24.6 Å². The second-order valence-corrected chi connectivity index (χ2v) is 8.03. The largest absolute Gasteiger partial charge is 0.493 e. The van der Waals surface area contributed by atoms with Gasteiger partial charge in [0, 0.05) is 31.0 Å². The third kappa shape index (κ3) is 3.29. The normalized spacial score (nSPS) is 16.9. The number of aromatic hydroxyl groups is 1. The molecule has 3 heterocycles. The molecule has 0 radical (unpaired) electrons. The van der Waals surface area contributed by atoms with Crippen LogP contribution in [0.25, 0.3) is 16.9 Å². The molecule has 2 aliphatic rings. The first-order valence-corrected chi connectivity index (χ1v) is 10.1. The molecule has 154 valence electrons. The Hall–Kier alpha value is -3.39. The average Bonchev–Trinajstić information content (AvgIpc) is 3.35. The van der Waals surface area contributed by atoms with Gasteiger partial charge in [0.1, 0.15) is 0 Å². The number of carbonyl (C=O) groups excluding carboxylic acids is 1. The molecular weight excluding hydrogens is 380 g/mol. The summed E-state index contributed by atoms with van der Waals surface area (Å²) in [5.41, 5.74) is 9.44. The lowest BCUT2D eigenvalue weighted by atomic mass is 10.0. The predicted molar refractivity (Wildman–Crippen MR) is 113 cm³/mol. The minimum Gasteiger partial charge on any atom is -0.493 e. The van der Waals surface area contributed by atoms with E-state index in [1.807, 2.05) is 24.0 Å². The van der Waals surface area contributed by atoms with E-state index in [2.05, 4.69) is 15.0 Å². The number of aryl methyl sites for hydroxylation is 1. The lowest BCUT2D eigenvalue weighted by molar-refractivity contribution is 0.0763. The summed E-state index contributed by atoms with van der Waals surface area (Å²) < 4.78 is 1.37. The van der Waals surface area contributed by atoms with E-state index in [-0.39, 0.29) is 11.8 Å². The summed E-state index contributed by atoms with van der Waals surface area (Å²) >= 11 is 0. The van der Waals surface area contributed by atoms with Gasteiger partial charge in [-0.05, 0) is 55.2 Å². The Morgan fingerprint density at radius 1 is 1.13 bits per heavy atom. The van der Waals surface area contributed by atoms with Gasteiger partial charge in [0.15, 0.2) is 5.82 Å². The van der Waals surface area contributed by atoms with Crippen LogP contribution < -0.4 is 5.73 Å². The number of anilines is 1. The molecule has 3 aromatic rings. The van der Waals surface area contributed by atoms with Crippen LogP contribution >= 0.6 is 0 Å². The number of aromatic nitrogens is 3. The third-order valence-electron chi connectivity index (χ3n) is 5.86. The summed E-state index contributed by atoms with van der Waals surface area (Å²) in [7, 11) is 0. The van der Waals surface area contributed by atoms with Gasteiger partial charge in [0.05, 0.1) is 24.0 Å². The van der Waals surface area contributed by atoms with Gasteiger partial charge in [-0.25, -0.2) is 4.98 Å². The van der Waals surface area contributed by atoms with Crippen molar-refractivity contribution in [1.29, 1.82) is 0 Å². The first-order chi connectivity index (χ1) is 14.5. The van der Waals surface area contributed by atoms with Crippen LogP contribution in [0.15, 0.2) is 42.7 Å². The van der Waals surface area contributed by atoms with Crippen LogP contribution in [0.4, 0.5) is 5.69 Å². The Labute approximate surface area is 174 Å². The number of pyridine rings is 1. The molecule has 8 heteroatoms. The molecular formula is C22H24N6O2. The molecule has 0 spiro atoms. The zero-order valence-corrected chi connectivity index (χ0v) is 16.8. The molecule has 1 amide bonds. The molecule has 1 aromatic carbocycles. The van der Waals surface area contributed by atoms with Gasteiger partial charge < -0.3 is 15.7 Å². The summed E-state index contributed by atoms with van der Waals surface area (Å²) in [5, 5.41) is 15.0. The summed E-state index contributed by atoms with van der Waals surface area (Å²) in [6.45, 7) is 4.32. The van der Waals surface area contributed by atoms with E-state index >= 15 is 0 Å². The van der Waals surface area contributed by atoms with Crippen LogP contribution in [0, 0.1) is 6.92 Å². The molecule has 0 unspecified atom stereocenters. The van der Waals surface area contributed by atoms with Gasteiger partial charge in [-0.1, -0.05) is 6.07 Å². The van der Waals surface area contributed by atoms with Crippen LogP contribution in [0.1, 0.15) is 28.8 Å². The van der Waals surface area contributed by atoms with Gasteiger partial charge >= 0.3 is 0 Å². The van der Waals surface area contributed by atoms with Gasteiger partial charge in [-0.15, -0.1) is 0 Å². The lowest BCUT2D eigenvalue weighted by Gasteiger charge is -2.17. The maximum Gasteiger partial charge on any atom is 0.256 e. The number of nitrogen functional groups attached to an aromatic ring is 1. The molecule has 2 fully saturated rings. The van der Waals surface area contributed by atoms with E-state index in [0.29, 0.717) is 35.3 Å². The molecule has 1 aliphatic carbocycles. The SMILES string of the molecule is Cc1cc(N)ccc1-c1cnn(-c2ccc(C(=O)N3CCN(C4CC4)C3)cn2)c1O. The number of hydrogen-bond acceptors (Lipinski definition) is 6. The number of nitrogens with zero attached hydrogens (tertiary/aromatic N) is 5. The summed E-state index contributed by atoms with van der Waals surface area (Å²) in [6.07, 6.45) is 5.63. The topological polar surface area (TPSA) is 101 Å². The second kappa shape index (κ2) is 7.14. The zero-order chi connectivity index (χ0) is 20.8. The van der Waals surface area contributed by atoms with Crippen molar-refractivity contribution in [3.8, 4) is 22.8 Å². The minimum atomic E-state index is -0.0138. The Kier molecular flexibility index (Phi) is 4.43. The van der Waals surface area contributed by atoms with Crippen LogP contribution in [-0.2, 0) is 0 Å². The number of carbonyl (C=O) groups is 1. The van der Waals surface area contributed by atoms with E-state index in [0.717, 1.165) is 24.2 Å². The summed E-state index contributed by atoms with van der Waals surface area (Å²) in [4.78, 5) is 21.4. The number of rotatable bonds is 4. The first-order valence-electron chi connectivity index (χ1n) is 10.1. The monoisotopic (exact) mass is 404 g/mol. The Balaban J connectivity index is 1.36. The molecule has 30 heavy (non-hydrogen) atoms. The maximum atomic E-state index is 12.8. The van der Waals surface area contributed by atoms with Crippen molar-refractivity contribution in [2.45, 2.75) is 25.8 Å². The fourth-order valence-corrected chi connectivity index (χ4v) is 4.02. The molecule has 1 aliphatic heterocycles.